The lowest BCUT2D eigenvalue weighted by Gasteiger charge is -2.31. The van der Waals surface area contributed by atoms with Crippen LogP contribution in [0.25, 0.3) is 0 Å². The van der Waals surface area contributed by atoms with Crippen molar-refractivity contribution >= 4 is 5.91 Å². The van der Waals surface area contributed by atoms with Gasteiger partial charge in [0, 0.05) is 11.6 Å². The normalized spacial score (nSPS) is 15.8. The molecule has 0 aromatic heterocycles. The molecule has 0 radical (unpaired) electrons. The summed E-state index contributed by atoms with van der Waals surface area (Å²) in [5.41, 5.74) is 8.63. The highest BCUT2D eigenvalue weighted by atomic mass is 16.5. The van der Waals surface area contributed by atoms with Crippen LogP contribution >= 0.6 is 0 Å². The fourth-order valence-corrected chi connectivity index (χ4v) is 2.44. The van der Waals surface area contributed by atoms with Gasteiger partial charge in [-0.3, -0.25) is 4.79 Å². The minimum atomic E-state index is -0.0342. The second-order valence-corrected chi connectivity index (χ2v) is 6.45. The Kier molecular flexibility index (Phi) is 4.45. The highest BCUT2D eigenvalue weighted by Crippen LogP contribution is 2.23. The van der Waals surface area contributed by atoms with Crippen molar-refractivity contribution in [3.05, 3.63) is 34.9 Å². The van der Waals surface area contributed by atoms with E-state index >= 15 is 0 Å². The van der Waals surface area contributed by atoms with E-state index in [2.05, 4.69) is 26.1 Å². The summed E-state index contributed by atoms with van der Waals surface area (Å²) in [5.74, 6) is -0.0342. The Morgan fingerprint density at radius 2 is 2.05 bits per heavy atom. The number of rotatable bonds is 4. The van der Waals surface area contributed by atoms with Crippen LogP contribution in [0.5, 0.6) is 0 Å². The number of carbonyl (C=O) groups is 1. The number of hydrogen-bond donors (Lipinski definition) is 2. The van der Waals surface area contributed by atoms with Gasteiger partial charge in [-0.05, 0) is 41.6 Å². The first-order valence-corrected chi connectivity index (χ1v) is 7.12. The molecule has 1 aliphatic rings. The van der Waals surface area contributed by atoms with Crippen molar-refractivity contribution in [3.63, 3.8) is 0 Å². The van der Waals surface area contributed by atoms with Crippen LogP contribution in [0.4, 0.5) is 0 Å². The molecule has 2 rings (SSSR count). The molecule has 0 aliphatic carbocycles. The molecule has 0 saturated carbocycles. The summed E-state index contributed by atoms with van der Waals surface area (Å²) >= 11 is 0. The van der Waals surface area contributed by atoms with E-state index in [4.69, 9.17) is 10.5 Å². The molecule has 3 N–H and O–H groups in total. The topological polar surface area (TPSA) is 64.3 Å². The minimum Gasteiger partial charge on any atom is -0.372 e. The molecule has 20 heavy (non-hydrogen) atoms. The highest BCUT2D eigenvalue weighted by Gasteiger charge is 2.26. The standard InChI is InChI=1S/C16H24N2O2/c1-16(2,3)14(6-7-17)18-15(19)11-4-5-12-9-20-10-13(12)8-11/h4-5,8,14H,6-7,9-10,17H2,1-3H3,(H,18,19). The lowest BCUT2D eigenvalue weighted by Crippen LogP contribution is -2.44. The van der Waals surface area contributed by atoms with E-state index in [1.54, 1.807) is 0 Å². The van der Waals surface area contributed by atoms with Crippen LogP contribution in [0, 0.1) is 5.41 Å². The van der Waals surface area contributed by atoms with Gasteiger partial charge >= 0.3 is 0 Å². The molecule has 1 aromatic carbocycles. The van der Waals surface area contributed by atoms with Crippen molar-refractivity contribution < 1.29 is 9.53 Å². The van der Waals surface area contributed by atoms with Crippen LogP contribution < -0.4 is 11.1 Å². The summed E-state index contributed by atoms with van der Waals surface area (Å²) in [6, 6.07) is 5.85. The molecule has 1 aliphatic heterocycles. The van der Waals surface area contributed by atoms with Crippen LogP contribution in [0.3, 0.4) is 0 Å². The van der Waals surface area contributed by atoms with Crippen molar-refractivity contribution in [2.24, 2.45) is 11.1 Å². The van der Waals surface area contributed by atoms with Crippen molar-refractivity contribution in [1.29, 1.82) is 0 Å². The van der Waals surface area contributed by atoms with Gasteiger partial charge in [-0.15, -0.1) is 0 Å². The van der Waals surface area contributed by atoms with Gasteiger partial charge in [0.25, 0.3) is 5.91 Å². The number of benzene rings is 1. The first kappa shape index (κ1) is 15.0. The molecule has 1 aromatic rings. The summed E-state index contributed by atoms with van der Waals surface area (Å²) < 4.78 is 5.38. The largest absolute Gasteiger partial charge is 0.372 e. The zero-order valence-corrected chi connectivity index (χ0v) is 12.5. The zero-order chi connectivity index (χ0) is 14.8. The fraction of sp³-hybridized carbons (Fsp3) is 0.562. The molecule has 1 heterocycles. The van der Waals surface area contributed by atoms with E-state index in [1.165, 1.54) is 5.56 Å². The molecule has 4 nitrogen and oxygen atoms in total. The molecule has 1 amide bonds. The Morgan fingerprint density at radius 3 is 2.70 bits per heavy atom. The molecular weight excluding hydrogens is 252 g/mol. The number of hydrogen-bond acceptors (Lipinski definition) is 3. The Labute approximate surface area is 120 Å². The number of nitrogens with one attached hydrogen (secondary N) is 1. The van der Waals surface area contributed by atoms with Crippen LogP contribution in [0.1, 0.15) is 48.7 Å². The maximum absolute atomic E-state index is 12.4. The van der Waals surface area contributed by atoms with Gasteiger partial charge in [-0.25, -0.2) is 0 Å². The van der Waals surface area contributed by atoms with E-state index < -0.39 is 0 Å². The lowest BCUT2D eigenvalue weighted by atomic mass is 9.84. The van der Waals surface area contributed by atoms with E-state index in [-0.39, 0.29) is 17.4 Å². The average molecular weight is 276 g/mol. The Balaban J connectivity index is 2.11. The number of carbonyl (C=O) groups excluding carboxylic acids is 1. The summed E-state index contributed by atoms with van der Waals surface area (Å²) in [6.07, 6.45) is 0.781. The third-order valence-electron chi connectivity index (χ3n) is 3.79. The maximum atomic E-state index is 12.4. The molecule has 0 fully saturated rings. The molecule has 110 valence electrons. The lowest BCUT2D eigenvalue weighted by molar-refractivity contribution is 0.0898. The molecule has 0 saturated heterocycles. The molecule has 1 atom stereocenters. The van der Waals surface area contributed by atoms with Crippen LogP contribution in [-0.2, 0) is 18.0 Å². The minimum absolute atomic E-state index is 0.00509. The van der Waals surface area contributed by atoms with Crippen molar-refractivity contribution in [1.82, 2.24) is 5.32 Å². The number of nitrogens with two attached hydrogens (primary N) is 1. The summed E-state index contributed by atoms with van der Waals surface area (Å²) in [7, 11) is 0. The fourth-order valence-electron chi connectivity index (χ4n) is 2.44. The Hall–Kier alpha value is -1.39. The van der Waals surface area contributed by atoms with Gasteiger partial charge < -0.3 is 15.8 Å². The zero-order valence-electron chi connectivity index (χ0n) is 12.5. The predicted octanol–water partition coefficient (Wildman–Crippen LogP) is 2.21. The SMILES string of the molecule is CC(C)(C)C(CCN)NC(=O)c1ccc2c(c1)COC2. The van der Waals surface area contributed by atoms with Crippen LogP contribution in [0.2, 0.25) is 0 Å². The number of fused-ring (bicyclic) bond motifs is 1. The van der Waals surface area contributed by atoms with Crippen molar-refractivity contribution in [2.45, 2.75) is 46.4 Å². The van der Waals surface area contributed by atoms with Crippen LogP contribution in [0.15, 0.2) is 18.2 Å². The van der Waals surface area contributed by atoms with Gasteiger partial charge in [0.05, 0.1) is 13.2 Å². The van der Waals surface area contributed by atoms with Crippen molar-refractivity contribution in [2.75, 3.05) is 6.54 Å². The van der Waals surface area contributed by atoms with Gasteiger partial charge in [-0.1, -0.05) is 26.8 Å². The average Bonchev–Trinajstić information content (AvgIpc) is 2.84. The first-order valence-electron chi connectivity index (χ1n) is 7.12. The highest BCUT2D eigenvalue weighted by molar-refractivity contribution is 5.94. The second-order valence-electron chi connectivity index (χ2n) is 6.45. The quantitative estimate of drug-likeness (QED) is 0.886. The second kappa shape index (κ2) is 5.94. The third kappa shape index (κ3) is 3.38. The number of ether oxygens (including phenoxy) is 1. The van der Waals surface area contributed by atoms with Crippen molar-refractivity contribution in [3.8, 4) is 0 Å². The van der Waals surface area contributed by atoms with Gasteiger partial charge in [0.1, 0.15) is 0 Å². The van der Waals surface area contributed by atoms with Gasteiger partial charge in [0.15, 0.2) is 0 Å². The monoisotopic (exact) mass is 276 g/mol. The Bertz CT molecular complexity index is 492. The predicted molar refractivity (Wildman–Crippen MR) is 79.3 cm³/mol. The van der Waals surface area contributed by atoms with Crippen LogP contribution in [-0.4, -0.2) is 18.5 Å². The van der Waals surface area contributed by atoms with E-state index in [0.717, 1.165) is 12.0 Å². The molecule has 0 bridgehead atoms. The van der Waals surface area contributed by atoms with Gasteiger partial charge in [-0.2, -0.15) is 0 Å². The van der Waals surface area contributed by atoms with E-state index in [9.17, 15) is 4.79 Å². The Morgan fingerprint density at radius 1 is 1.35 bits per heavy atom. The van der Waals surface area contributed by atoms with Gasteiger partial charge in [0.2, 0.25) is 0 Å². The molecule has 0 spiro atoms. The smallest absolute Gasteiger partial charge is 0.251 e. The molecular formula is C16H24N2O2. The summed E-state index contributed by atoms with van der Waals surface area (Å²) in [5, 5.41) is 3.11. The molecule has 1 unspecified atom stereocenters. The number of amides is 1. The summed E-state index contributed by atoms with van der Waals surface area (Å²) in [6.45, 7) is 8.16. The molecule has 4 heteroatoms. The maximum Gasteiger partial charge on any atom is 0.251 e. The summed E-state index contributed by atoms with van der Waals surface area (Å²) in [4.78, 5) is 12.4. The first-order chi connectivity index (χ1) is 9.41. The van der Waals surface area contributed by atoms with E-state index in [0.29, 0.717) is 25.3 Å². The van der Waals surface area contributed by atoms with E-state index in [1.807, 2.05) is 18.2 Å². The third-order valence-corrected chi connectivity index (χ3v) is 3.79.